The second-order valence-electron chi connectivity index (χ2n) is 17.2. The molecule has 0 saturated carbocycles. The second-order valence-corrected chi connectivity index (χ2v) is 17.2. The lowest BCUT2D eigenvalue weighted by Gasteiger charge is -2.40. The molecule has 0 aliphatic carbocycles. The van der Waals surface area contributed by atoms with Crippen LogP contribution in [0.4, 0.5) is 0 Å². The van der Waals surface area contributed by atoms with Crippen molar-refractivity contribution in [2.24, 2.45) is 0 Å². The third-order valence-electron chi connectivity index (χ3n) is 11.8. The Morgan fingerprint density at radius 1 is 0.586 bits per heavy atom. The van der Waals surface area contributed by atoms with E-state index >= 15 is 0 Å². The van der Waals surface area contributed by atoms with Gasteiger partial charge in [-0.05, 0) is 38.5 Å². The molecule has 1 rings (SSSR count). The summed E-state index contributed by atoms with van der Waals surface area (Å²) in [7, 11) is 0. The molecule has 58 heavy (non-hydrogen) atoms. The van der Waals surface area contributed by atoms with Crippen molar-refractivity contribution in [3.63, 3.8) is 0 Å². The number of nitrogens with one attached hydrogen (secondary N) is 1. The second kappa shape index (κ2) is 37.6. The highest BCUT2D eigenvalue weighted by atomic mass is 16.7. The number of carbonyl (C=O) groups excluding carboxylic acids is 1. The van der Waals surface area contributed by atoms with E-state index in [4.69, 9.17) is 9.47 Å². The largest absolute Gasteiger partial charge is 0.394 e. The summed E-state index contributed by atoms with van der Waals surface area (Å²) in [6.45, 7) is 3.42. The van der Waals surface area contributed by atoms with E-state index < -0.39 is 74.2 Å². The summed E-state index contributed by atoms with van der Waals surface area (Å²) in [6.07, 6.45) is 28.3. The van der Waals surface area contributed by atoms with Crippen LogP contribution in [0.15, 0.2) is 12.2 Å². The normalized spacial score (nSPS) is 22.0. The van der Waals surface area contributed by atoms with Crippen molar-refractivity contribution < 1.29 is 50.0 Å². The molecular formula is C47H91NO10. The fourth-order valence-corrected chi connectivity index (χ4v) is 7.79. The van der Waals surface area contributed by atoms with E-state index in [9.17, 15) is 40.5 Å². The van der Waals surface area contributed by atoms with Crippen molar-refractivity contribution in [2.45, 2.75) is 268 Å². The lowest BCUT2D eigenvalue weighted by Crippen LogP contribution is -2.60. The Morgan fingerprint density at radius 2 is 1.00 bits per heavy atom. The maximum Gasteiger partial charge on any atom is 0.249 e. The Labute approximate surface area is 353 Å². The average Bonchev–Trinajstić information content (AvgIpc) is 3.22. The van der Waals surface area contributed by atoms with E-state index in [-0.39, 0.29) is 6.42 Å². The van der Waals surface area contributed by atoms with Crippen LogP contribution in [-0.4, -0.2) is 110 Å². The third-order valence-corrected chi connectivity index (χ3v) is 11.8. The van der Waals surface area contributed by atoms with E-state index in [2.05, 4.69) is 31.3 Å². The highest BCUT2D eigenvalue weighted by Gasteiger charge is 2.44. The molecule has 344 valence electrons. The van der Waals surface area contributed by atoms with Gasteiger partial charge in [0.05, 0.1) is 25.4 Å². The summed E-state index contributed by atoms with van der Waals surface area (Å²) in [6, 6.07) is -1.17. The van der Waals surface area contributed by atoms with E-state index in [0.29, 0.717) is 19.3 Å². The first-order chi connectivity index (χ1) is 28.2. The molecule has 1 heterocycles. The first kappa shape index (κ1) is 54.9. The van der Waals surface area contributed by atoms with Gasteiger partial charge in [-0.3, -0.25) is 4.79 Å². The van der Waals surface area contributed by atoms with Gasteiger partial charge in [-0.1, -0.05) is 187 Å². The molecule has 9 atom stereocenters. The van der Waals surface area contributed by atoms with Crippen LogP contribution >= 0.6 is 0 Å². The first-order valence-corrected chi connectivity index (χ1v) is 24.1. The molecule has 0 aromatic carbocycles. The summed E-state index contributed by atoms with van der Waals surface area (Å²) in [5.74, 6) is -0.712. The fraction of sp³-hybridized carbons (Fsp3) is 0.936. The number of allylic oxidation sites excluding steroid dienone is 2. The van der Waals surface area contributed by atoms with Crippen LogP contribution in [0.1, 0.15) is 213 Å². The lowest BCUT2D eigenvalue weighted by molar-refractivity contribution is -0.303. The van der Waals surface area contributed by atoms with Gasteiger partial charge in [0.15, 0.2) is 6.29 Å². The van der Waals surface area contributed by atoms with Crippen LogP contribution in [0.3, 0.4) is 0 Å². The third kappa shape index (κ3) is 26.9. The molecule has 0 spiro atoms. The number of hydrogen-bond acceptors (Lipinski definition) is 10. The molecule has 0 radical (unpaired) electrons. The summed E-state index contributed by atoms with van der Waals surface area (Å²) < 4.78 is 11.1. The van der Waals surface area contributed by atoms with Gasteiger partial charge in [-0.25, -0.2) is 0 Å². The molecule has 1 aliphatic rings. The Kier molecular flexibility index (Phi) is 35.6. The summed E-state index contributed by atoms with van der Waals surface area (Å²) in [4.78, 5) is 13.1. The lowest BCUT2D eigenvalue weighted by atomic mass is 9.98. The van der Waals surface area contributed by atoms with Gasteiger partial charge in [0, 0.05) is 0 Å². The molecule has 9 unspecified atom stereocenters. The number of rotatable bonds is 40. The van der Waals surface area contributed by atoms with Crippen LogP contribution in [-0.2, 0) is 14.3 Å². The van der Waals surface area contributed by atoms with Crippen LogP contribution < -0.4 is 5.32 Å². The average molecular weight is 830 g/mol. The minimum atomic E-state index is -1.66. The molecular weight excluding hydrogens is 739 g/mol. The molecule has 11 heteroatoms. The van der Waals surface area contributed by atoms with Crippen molar-refractivity contribution in [1.82, 2.24) is 5.32 Å². The van der Waals surface area contributed by atoms with Crippen molar-refractivity contribution in [3.8, 4) is 0 Å². The van der Waals surface area contributed by atoms with Crippen LogP contribution in [0.5, 0.6) is 0 Å². The molecule has 8 N–H and O–H groups in total. The number of ether oxygens (including phenoxy) is 2. The zero-order chi connectivity index (χ0) is 42.6. The molecule has 0 aromatic rings. The van der Waals surface area contributed by atoms with Crippen LogP contribution in [0, 0.1) is 0 Å². The molecule has 1 amide bonds. The van der Waals surface area contributed by atoms with E-state index in [1.165, 1.54) is 135 Å². The highest BCUT2D eigenvalue weighted by Crippen LogP contribution is 2.23. The SMILES string of the molecule is CCCCCCCC/C=C\CCCCC(O)C(=O)NC(COC1OC(CO)C(O)C(O)C1O)C(O)C(O)CCCCCCCCCCCCCCCCCCCCC. The van der Waals surface area contributed by atoms with Crippen LogP contribution in [0.2, 0.25) is 0 Å². The minimum Gasteiger partial charge on any atom is -0.394 e. The number of hydrogen-bond donors (Lipinski definition) is 8. The van der Waals surface area contributed by atoms with Crippen molar-refractivity contribution in [2.75, 3.05) is 13.2 Å². The molecule has 0 bridgehead atoms. The van der Waals surface area contributed by atoms with Gasteiger partial charge in [-0.15, -0.1) is 0 Å². The zero-order valence-corrected chi connectivity index (χ0v) is 37.0. The molecule has 1 aliphatic heterocycles. The standard InChI is InChI=1S/C47H91NO10/c1-3-5-7-9-11-13-15-17-18-19-20-21-22-23-25-26-28-30-32-34-39(50)42(52)38(37-57-47-45(55)44(54)43(53)41(36-49)58-47)48-46(56)40(51)35-33-31-29-27-24-16-14-12-10-8-6-4-2/h24,27,38-45,47,49-55H,3-23,25-26,28-37H2,1-2H3,(H,48,56)/b27-24-. The maximum absolute atomic E-state index is 13.1. The van der Waals surface area contributed by atoms with Crippen LogP contribution in [0.25, 0.3) is 0 Å². The highest BCUT2D eigenvalue weighted by molar-refractivity contribution is 5.80. The van der Waals surface area contributed by atoms with Crippen molar-refractivity contribution in [1.29, 1.82) is 0 Å². The molecule has 1 fully saturated rings. The van der Waals surface area contributed by atoms with Gasteiger partial charge in [-0.2, -0.15) is 0 Å². The Hall–Kier alpha value is -1.15. The number of amides is 1. The van der Waals surface area contributed by atoms with Gasteiger partial charge < -0.3 is 50.5 Å². The Bertz CT molecular complexity index is 954. The summed E-state index contributed by atoms with van der Waals surface area (Å²) in [5, 5.41) is 75.7. The zero-order valence-electron chi connectivity index (χ0n) is 37.0. The fourth-order valence-electron chi connectivity index (χ4n) is 7.79. The number of carbonyl (C=O) groups is 1. The Morgan fingerprint density at radius 3 is 1.47 bits per heavy atom. The number of unbranched alkanes of at least 4 members (excludes halogenated alkanes) is 26. The first-order valence-electron chi connectivity index (χ1n) is 24.1. The predicted octanol–water partition coefficient (Wildman–Crippen LogP) is 8.06. The minimum absolute atomic E-state index is 0.232. The number of aliphatic hydroxyl groups is 7. The van der Waals surface area contributed by atoms with E-state index in [1.54, 1.807) is 0 Å². The number of aliphatic hydroxyl groups excluding tert-OH is 7. The Balaban J connectivity index is 2.42. The quantitative estimate of drug-likeness (QED) is 0.0222. The van der Waals surface area contributed by atoms with Gasteiger partial charge in [0.2, 0.25) is 5.91 Å². The van der Waals surface area contributed by atoms with E-state index in [0.717, 1.165) is 38.5 Å². The van der Waals surface area contributed by atoms with Gasteiger partial charge in [0.1, 0.15) is 36.6 Å². The van der Waals surface area contributed by atoms with Crippen molar-refractivity contribution in [3.05, 3.63) is 12.2 Å². The molecule has 11 nitrogen and oxygen atoms in total. The predicted molar refractivity (Wildman–Crippen MR) is 233 cm³/mol. The van der Waals surface area contributed by atoms with E-state index in [1.807, 2.05) is 0 Å². The molecule has 0 aromatic heterocycles. The topological polar surface area (TPSA) is 189 Å². The summed E-state index contributed by atoms with van der Waals surface area (Å²) >= 11 is 0. The van der Waals surface area contributed by atoms with Gasteiger partial charge >= 0.3 is 0 Å². The monoisotopic (exact) mass is 830 g/mol. The smallest absolute Gasteiger partial charge is 0.249 e. The van der Waals surface area contributed by atoms with Crippen molar-refractivity contribution >= 4 is 5.91 Å². The maximum atomic E-state index is 13.1. The molecule has 1 saturated heterocycles. The van der Waals surface area contributed by atoms with Gasteiger partial charge in [0.25, 0.3) is 0 Å². The summed E-state index contributed by atoms with van der Waals surface area (Å²) in [5.41, 5.74) is 0.